The molecule has 84 valence electrons. The van der Waals surface area contributed by atoms with Gasteiger partial charge in [0.1, 0.15) is 0 Å². The zero-order valence-corrected chi connectivity index (χ0v) is 8.93. The van der Waals surface area contributed by atoms with Crippen LogP contribution in [-0.2, 0) is 14.2 Å². The maximum atomic E-state index is 6.07. The fourth-order valence-electron chi connectivity index (χ4n) is 2.74. The standard InChI is InChI=1S/C12H18O3/c1-2-6-13-11-8-12-10(5-3-7-14-12)15-9(11)4-1/h1-2,9-12H,3-8H2/t9?,10-,11?,12-/m1/s1. The molecule has 0 aromatic heterocycles. The maximum absolute atomic E-state index is 6.07. The average molecular weight is 210 g/mol. The van der Waals surface area contributed by atoms with Crippen LogP contribution in [0.5, 0.6) is 0 Å². The zero-order chi connectivity index (χ0) is 10.1. The van der Waals surface area contributed by atoms with Gasteiger partial charge < -0.3 is 14.2 Å². The van der Waals surface area contributed by atoms with Crippen molar-refractivity contribution in [2.24, 2.45) is 0 Å². The van der Waals surface area contributed by atoms with E-state index in [4.69, 9.17) is 14.2 Å². The summed E-state index contributed by atoms with van der Waals surface area (Å²) >= 11 is 0. The molecule has 2 fully saturated rings. The van der Waals surface area contributed by atoms with Crippen LogP contribution in [-0.4, -0.2) is 37.6 Å². The van der Waals surface area contributed by atoms with Gasteiger partial charge in [0.25, 0.3) is 0 Å². The molecule has 0 spiro atoms. The number of hydrogen-bond acceptors (Lipinski definition) is 3. The summed E-state index contributed by atoms with van der Waals surface area (Å²) in [5.41, 5.74) is 0. The Balaban J connectivity index is 1.70. The molecule has 3 heteroatoms. The van der Waals surface area contributed by atoms with Crippen LogP contribution in [0.15, 0.2) is 12.2 Å². The minimum atomic E-state index is 0.236. The van der Waals surface area contributed by atoms with Crippen molar-refractivity contribution in [2.45, 2.75) is 50.1 Å². The predicted octanol–water partition coefficient (Wildman–Crippen LogP) is 1.67. The van der Waals surface area contributed by atoms with Crippen molar-refractivity contribution in [1.82, 2.24) is 0 Å². The van der Waals surface area contributed by atoms with E-state index >= 15 is 0 Å². The molecule has 4 atom stereocenters. The third kappa shape index (κ3) is 1.96. The van der Waals surface area contributed by atoms with Crippen LogP contribution in [0.25, 0.3) is 0 Å². The van der Waals surface area contributed by atoms with Crippen molar-refractivity contribution in [2.75, 3.05) is 13.2 Å². The summed E-state index contributed by atoms with van der Waals surface area (Å²) in [4.78, 5) is 0. The first-order valence-corrected chi connectivity index (χ1v) is 5.97. The Morgan fingerprint density at radius 2 is 1.87 bits per heavy atom. The highest BCUT2D eigenvalue weighted by Gasteiger charge is 2.40. The first-order chi connectivity index (χ1) is 7.43. The van der Waals surface area contributed by atoms with Gasteiger partial charge in [-0.3, -0.25) is 0 Å². The molecule has 0 aliphatic carbocycles. The van der Waals surface area contributed by atoms with E-state index in [1.165, 1.54) is 0 Å². The molecule has 0 amide bonds. The van der Waals surface area contributed by atoms with Crippen LogP contribution >= 0.6 is 0 Å². The monoisotopic (exact) mass is 210 g/mol. The number of rotatable bonds is 0. The number of hydrogen-bond donors (Lipinski definition) is 0. The van der Waals surface area contributed by atoms with Gasteiger partial charge in [0.05, 0.1) is 31.0 Å². The molecule has 3 rings (SSSR count). The van der Waals surface area contributed by atoms with E-state index in [1.54, 1.807) is 0 Å². The van der Waals surface area contributed by atoms with E-state index in [0.29, 0.717) is 6.10 Å². The molecule has 3 heterocycles. The maximum Gasteiger partial charge on any atom is 0.0877 e. The lowest BCUT2D eigenvalue weighted by molar-refractivity contribution is -0.207. The number of ether oxygens (including phenoxy) is 3. The summed E-state index contributed by atoms with van der Waals surface area (Å²) in [5.74, 6) is 0. The normalized spacial score (nSPS) is 45.3. The fraction of sp³-hybridized carbons (Fsp3) is 0.833. The Morgan fingerprint density at radius 3 is 2.87 bits per heavy atom. The Morgan fingerprint density at radius 1 is 0.933 bits per heavy atom. The second-order valence-corrected chi connectivity index (χ2v) is 4.58. The molecule has 0 N–H and O–H groups in total. The molecular formula is C12H18O3. The zero-order valence-electron chi connectivity index (χ0n) is 8.93. The second kappa shape index (κ2) is 4.24. The molecule has 0 saturated carbocycles. The molecule has 0 bridgehead atoms. The van der Waals surface area contributed by atoms with Gasteiger partial charge in [0.15, 0.2) is 0 Å². The Labute approximate surface area is 90.4 Å². The molecule has 3 aliphatic heterocycles. The molecule has 2 unspecified atom stereocenters. The van der Waals surface area contributed by atoms with Gasteiger partial charge in [0.2, 0.25) is 0 Å². The van der Waals surface area contributed by atoms with Crippen molar-refractivity contribution in [3.8, 4) is 0 Å². The van der Waals surface area contributed by atoms with Gasteiger partial charge in [-0.2, -0.15) is 0 Å². The number of fused-ring (bicyclic) bond motifs is 2. The van der Waals surface area contributed by atoms with Gasteiger partial charge in [-0.15, -0.1) is 0 Å². The molecule has 3 nitrogen and oxygen atoms in total. The van der Waals surface area contributed by atoms with Gasteiger partial charge in [0, 0.05) is 13.0 Å². The van der Waals surface area contributed by atoms with Crippen LogP contribution in [0.2, 0.25) is 0 Å². The van der Waals surface area contributed by atoms with Crippen LogP contribution in [0.3, 0.4) is 0 Å². The summed E-state index contributed by atoms with van der Waals surface area (Å²) in [5, 5.41) is 0. The Hall–Kier alpha value is -0.380. The lowest BCUT2D eigenvalue weighted by Gasteiger charge is -2.42. The minimum Gasteiger partial charge on any atom is -0.375 e. The largest absolute Gasteiger partial charge is 0.375 e. The Bertz CT molecular complexity index is 251. The van der Waals surface area contributed by atoms with Crippen LogP contribution in [0.1, 0.15) is 25.7 Å². The summed E-state index contributed by atoms with van der Waals surface area (Å²) in [6.07, 6.45) is 9.64. The van der Waals surface area contributed by atoms with Gasteiger partial charge in [-0.25, -0.2) is 0 Å². The van der Waals surface area contributed by atoms with Crippen molar-refractivity contribution >= 4 is 0 Å². The molecular weight excluding hydrogens is 192 g/mol. The molecule has 0 radical (unpaired) electrons. The van der Waals surface area contributed by atoms with E-state index in [0.717, 1.165) is 38.9 Å². The third-order valence-electron chi connectivity index (χ3n) is 3.55. The SMILES string of the molecule is C1=CCC2O[C@@H]3CCCO[C@@H]3CC2OC1. The van der Waals surface area contributed by atoms with E-state index in [-0.39, 0.29) is 18.3 Å². The summed E-state index contributed by atoms with van der Waals surface area (Å²) in [6, 6.07) is 0. The van der Waals surface area contributed by atoms with Crippen molar-refractivity contribution in [3.05, 3.63) is 12.2 Å². The molecule has 15 heavy (non-hydrogen) atoms. The summed E-state index contributed by atoms with van der Waals surface area (Å²) in [7, 11) is 0. The van der Waals surface area contributed by atoms with Crippen LogP contribution in [0, 0.1) is 0 Å². The van der Waals surface area contributed by atoms with Gasteiger partial charge in [-0.1, -0.05) is 12.2 Å². The molecule has 2 saturated heterocycles. The van der Waals surface area contributed by atoms with Gasteiger partial charge in [-0.05, 0) is 19.3 Å². The van der Waals surface area contributed by atoms with E-state index in [9.17, 15) is 0 Å². The third-order valence-corrected chi connectivity index (χ3v) is 3.55. The summed E-state index contributed by atoms with van der Waals surface area (Å²) in [6.45, 7) is 1.61. The van der Waals surface area contributed by atoms with Crippen molar-refractivity contribution in [3.63, 3.8) is 0 Å². The molecule has 0 aromatic carbocycles. The Kier molecular flexibility index (Phi) is 2.77. The fourth-order valence-corrected chi connectivity index (χ4v) is 2.74. The van der Waals surface area contributed by atoms with E-state index in [1.807, 2.05) is 0 Å². The van der Waals surface area contributed by atoms with Crippen LogP contribution < -0.4 is 0 Å². The van der Waals surface area contributed by atoms with E-state index in [2.05, 4.69) is 12.2 Å². The predicted molar refractivity (Wildman–Crippen MR) is 55.7 cm³/mol. The molecule has 3 aliphatic rings. The quantitative estimate of drug-likeness (QED) is 0.569. The van der Waals surface area contributed by atoms with E-state index < -0.39 is 0 Å². The highest BCUT2D eigenvalue weighted by Crippen LogP contribution is 2.32. The summed E-state index contributed by atoms with van der Waals surface area (Å²) < 4.78 is 17.6. The smallest absolute Gasteiger partial charge is 0.0877 e. The topological polar surface area (TPSA) is 27.7 Å². The first-order valence-electron chi connectivity index (χ1n) is 5.97. The lowest BCUT2D eigenvalue weighted by Crippen LogP contribution is -2.50. The minimum absolute atomic E-state index is 0.236. The van der Waals surface area contributed by atoms with Crippen molar-refractivity contribution in [1.29, 1.82) is 0 Å². The highest BCUT2D eigenvalue weighted by molar-refractivity contribution is 4.96. The van der Waals surface area contributed by atoms with Gasteiger partial charge >= 0.3 is 0 Å². The average Bonchev–Trinajstić information content (AvgIpc) is 2.50. The first kappa shape index (κ1) is 9.82. The second-order valence-electron chi connectivity index (χ2n) is 4.58. The van der Waals surface area contributed by atoms with Crippen molar-refractivity contribution < 1.29 is 14.2 Å². The highest BCUT2D eigenvalue weighted by atomic mass is 16.6. The molecule has 0 aromatic rings. The van der Waals surface area contributed by atoms with Crippen LogP contribution in [0.4, 0.5) is 0 Å². The lowest BCUT2D eigenvalue weighted by atomic mass is 9.92.